The minimum atomic E-state index is -0.281. The molecule has 3 aromatic rings. The molecule has 1 atom stereocenters. The molecule has 0 bridgehead atoms. The minimum Gasteiger partial charge on any atom is -0.355 e. The van der Waals surface area contributed by atoms with Gasteiger partial charge in [-0.1, -0.05) is 6.07 Å². The number of benzene rings is 2. The highest BCUT2D eigenvalue weighted by Crippen LogP contribution is 2.28. The fourth-order valence-corrected chi connectivity index (χ4v) is 4.99. The molecular weight excluding hydrogens is 441 g/mol. The van der Waals surface area contributed by atoms with Crippen LogP contribution in [0.1, 0.15) is 16.2 Å². The Labute approximate surface area is 195 Å². The largest absolute Gasteiger partial charge is 0.355 e. The molecule has 2 amide bonds. The third-order valence-corrected chi connectivity index (χ3v) is 6.89. The second-order valence-electron chi connectivity index (χ2n) is 8.21. The number of aromatic nitrogens is 1. The van der Waals surface area contributed by atoms with Crippen LogP contribution in [0.5, 0.6) is 0 Å². The van der Waals surface area contributed by atoms with E-state index in [1.165, 1.54) is 23.5 Å². The van der Waals surface area contributed by atoms with Crippen LogP contribution in [-0.4, -0.2) is 65.4 Å². The van der Waals surface area contributed by atoms with Crippen molar-refractivity contribution < 1.29 is 14.0 Å². The number of piperazine rings is 1. The Morgan fingerprint density at radius 2 is 1.85 bits per heavy atom. The van der Waals surface area contributed by atoms with Gasteiger partial charge in [-0.3, -0.25) is 14.5 Å². The first-order chi connectivity index (χ1) is 16.1. The molecule has 0 radical (unpaired) electrons. The Morgan fingerprint density at radius 3 is 2.58 bits per heavy atom. The van der Waals surface area contributed by atoms with Crippen LogP contribution in [0.3, 0.4) is 0 Å². The van der Waals surface area contributed by atoms with E-state index in [0.717, 1.165) is 30.2 Å². The monoisotopic (exact) mass is 465 g/mol. The lowest BCUT2D eigenvalue weighted by atomic mass is 10.2. The summed E-state index contributed by atoms with van der Waals surface area (Å²) in [7, 11) is 0. The number of rotatable bonds is 5. The SMILES string of the molecule is O=C(c1nccs1)N1CCN(C2CC(=O)N(c3cccc(Nc4ccc(F)cc4)c3)C2)CC1. The van der Waals surface area contributed by atoms with Crippen molar-refractivity contribution in [3.05, 3.63) is 70.9 Å². The first-order valence-corrected chi connectivity index (χ1v) is 11.8. The van der Waals surface area contributed by atoms with E-state index in [9.17, 15) is 14.0 Å². The molecule has 1 N–H and O–H groups in total. The summed E-state index contributed by atoms with van der Waals surface area (Å²) >= 11 is 1.36. The van der Waals surface area contributed by atoms with Crippen molar-refractivity contribution >= 4 is 40.2 Å². The van der Waals surface area contributed by atoms with Crippen LogP contribution < -0.4 is 10.2 Å². The summed E-state index contributed by atoms with van der Waals surface area (Å²) in [5.74, 6) is -0.198. The number of thiazole rings is 1. The van der Waals surface area contributed by atoms with E-state index < -0.39 is 0 Å². The van der Waals surface area contributed by atoms with E-state index in [4.69, 9.17) is 0 Å². The molecular formula is C24H24FN5O2S. The molecule has 1 aromatic heterocycles. The van der Waals surface area contributed by atoms with Crippen molar-refractivity contribution in [2.24, 2.45) is 0 Å². The van der Waals surface area contributed by atoms with Crippen LogP contribution in [0, 0.1) is 5.82 Å². The van der Waals surface area contributed by atoms with Gasteiger partial charge in [0, 0.05) is 73.8 Å². The van der Waals surface area contributed by atoms with Crippen LogP contribution >= 0.6 is 11.3 Å². The first kappa shape index (κ1) is 21.5. The Kier molecular flexibility index (Phi) is 6.06. The lowest BCUT2D eigenvalue weighted by Gasteiger charge is -2.37. The van der Waals surface area contributed by atoms with Gasteiger partial charge >= 0.3 is 0 Å². The number of carbonyl (C=O) groups excluding carboxylic acids is 2. The summed E-state index contributed by atoms with van der Waals surface area (Å²) in [4.78, 5) is 35.5. The van der Waals surface area contributed by atoms with Crippen molar-refractivity contribution in [3.63, 3.8) is 0 Å². The highest BCUT2D eigenvalue weighted by molar-refractivity contribution is 7.11. The molecule has 2 saturated heterocycles. The van der Waals surface area contributed by atoms with Crippen molar-refractivity contribution in [3.8, 4) is 0 Å². The van der Waals surface area contributed by atoms with E-state index >= 15 is 0 Å². The molecule has 2 fully saturated rings. The number of carbonyl (C=O) groups is 2. The second-order valence-corrected chi connectivity index (χ2v) is 9.10. The predicted molar refractivity (Wildman–Crippen MR) is 126 cm³/mol. The Morgan fingerprint density at radius 1 is 1.06 bits per heavy atom. The lowest BCUT2D eigenvalue weighted by Crippen LogP contribution is -2.52. The van der Waals surface area contributed by atoms with Gasteiger partial charge in [0.25, 0.3) is 5.91 Å². The highest BCUT2D eigenvalue weighted by Gasteiger charge is 2.36. The van der Waals surface area contributed by atoms with Gasteiger partial charge in [-0.2, -0.15) is 0 Å². The Balaban J connectivity index is 1.20. The molecule has 0 aliphatic carbocycles. The number of nitrogens with one attached hydrogen (secondary N) is 1. The summed E-state index contributed by atoms with van der Waals surface area (Å²) in [6.45, 7) is 3.39. The molecule has 0 spiro atoms. The Bertz CT molecular complexity index is 1130. The zero-order valence-corrected chi connectivity index (χ0v) is 18.8. The van der Waals surface area contributed by atoms with Gasteiger partial charge < -0.3 is 15.1 Å². The summed E-state index contributed by atoms with van der Waals surface area (Å²) in [5.41, 5.74) is 2.46. The number of halogens is 1. The first-order valence-electron chi connectivity index (χ1n) is 10.9. The molecule has 2 aromatic carbocycles. The normalized spacial score (nSPS) is 19.2. The Hall–Kier alpha value is -3.30. The predicted octanol–water partition coefficient (Wildman–Crippen LogP) is 3.59. The second kappa shape index (κ2) is 9.29. The van der Waals surface area contributed by atoms with E-state index in [0.29, 0.717) is 31.1 Å². The standard InChI is InChI=1S/C24H24FN5O2S/c25-17-4-6-18(7-5-17)27-19-2-1-3-20(14-19)30-16-21(15-22(30)31)28-9-11-29(12-10-28)24(32)23-26-8-13-33-23/h1-8,13-14,21,27H,9-12,15-16H2. The minimum absolute atomic E-state index is 0.0146. The molecule has 3 heterocycles. The third-order valence-electron chi connectivity index (χ3n) is 6.13. The molecule has 7 nitrogen and oxygen atoms in total. The molecule has 0 saturated carbocycles. The van der Waals surface area contributed by atoms with Crippen LogP contribution in [0.25, 0.3) is 0 Å². The molecule has 1 unspecified atom stereocenters. The van der Waals surface area contributed by atoms with Crippen molar-refractivity contribution in [2.75, 3.05) is 42.9 Å². The van der Waals surface area contributed by atoms with E-state index in [-0.39, 0.29) is 23.7 Å². The number of anilines is 3. The fourth-order valence-electron chi connectivity index (χ4n) is 4.39. The van der Waals surface area contributed by atoms with E-state index in [2.05, 4.69) is 15.2 Å². The van der Waals surface area contributed by atoms with Gasteiger partial charge in [0.15, 0.2) is 5.01 Å². The number of hydrogen-bond acceptors (Lipinski definition) is 6. The zero-order chi connectivity index (χ0) is 22.8. The average molecular weight is 466 g/mol. The quantitative estimate of drug-likeness (QED) is 0.624. The van der Waals surface area contributed by atoms with Gasteiger partial charge in [-0.05, 0) is 42.5 Å². The average Bonchev–Trinajstić information content (AvgIpc) is 3.51. The van der Waals surface area contributed by atoms with Crippen molar-refractivity contribution in [1.29, 1.82) is 0 Å². The van der Waals surface area contributed by atoms with Crippen LogP contribution in [0.15, 0.2) is 60.1 Å². The van der Waals surface area contributed by atoms with E-state index in [1.807, 2.05) is 39.4 Å². The smallest absolute Gasteiger partial charge is 0.282 e. The van der Waals surface area contributed by atoms with Crippen LogP contribution in [0.4, 0.5) is 21.5 Å². The van der Waals surface area contributed by atoms with Gasteiger partial charge in [0.1, 0.15) is 5.82 Å². The third kappa shape index (κ3) is 4.74. The van der Waals surface area contributed by atoms with Gasteiger partial charge in [-0.25, -0.2) is 9.37 Å². The number of hydrogen-bond donors (Lipinski definition) is 1. The molecule has 5 rings (SSSR count). The topological polar surface area (TPSA) is 68.8 Å². The molecule has 170 valence electrons. The lowest BCUT2D eigenvalue weighted by molar-refractivity contribution is -0.117. The van der Waals surface area contributed by atoms with Gasteiger partial charge in [-0.15, -0.1) is 11.3 Å². The van der Waals surface area contributed by atoms with Crippen molar-refractivity contribution in [1.82, 2.24) is 14.8 Å². The van der Waals surface area contributed by atoms with Gasteiger partial charge in [0.2, 0.25) is 5.91 Å². The molecule has 2 aliphatic heterocycles. The summed E-state index contributed by atoms with van der Waals surface area (Å²) in [6.07, 6.45) is 2.12. The maximum atomic E-state index is 13.2. The molecule has 2 aliphatic rings. The number of amides is 2. The fraction of sp³-hybridized carbons (Fsp3) is 0.292. The molecule has 9 heteroatoms. The summed E-state index contributed by atoms with van der Waals surface area (Å²) in [6, 6.07) is 14.0. The maximum absolute atomic E-state index is 13.2. The van der Waals surface area contributed by atoms with Crippen molar-refractivity contribution in [2.45, 2.75) is 12.5 Å². The zero-order valence-electron chi connectivity index (χ0n) is 18.0. The van der Waals surface area contributed by atoms with E-state index in [1.54, 1.807) is 18.3 Å². The molecule has 33 heavy (non-hydrogen) atoms. The van der Waals surface area contributed by atoms with Crippen LogP contribution in [-0.2, 0) is 4.79 Å². The highest BCUT2D eigenvalue weighted by atomic mass is 32.1. The maximum Gasteiger partial charge on any atom is 0.282 e. The summed E-state index contributed by atoms with van der Waals surface area (Å²) < 4.78 is 13.2. The van der Waals surface area contributed by atoms with Crippen LogP contribution in [0.2, 0.25) is 0 Å². The summed E-state index contributed by atoms with van der Waals surface area (Å²) in [5, 5.41) is 5.59. The van der Waals surface area contributed by atoms with Gasteiger partial charge in [0.05, 0.1) is 0 Å². The number of nitrogens with zero attached hydrogens (tertiary/aromatic N) is 4.